The molecule has 60 valence electrons. The zero-order valence-corrected chi connectivity index (χ0v) is 8.43. The molecule has 0 saturated heterocycles. The van der Waals surface area contributed by atoms with Gasteiger partial charge in [0.2, 0.25) is 0 Å². The van der Waals surface area contributed by atoms with Crippen LogP contribution in [0.1, 0.15) is 5.56 Å². The molecule has 1 aromatic carbocycles. The van der Waals surface area contributed by atoms with Crippen LogP contribution in [0.3, 0.4) is 0 Å². The maximum absolute atomic E-state index is 3.41. The number of aryl methyl sites for hydroxylation is 1. The highest BCUT2D eigenvalue weighted by Gasteiger charge is 1.99. The Morgan fingerprint density at radius 1 is 1.36 bits per heavy atom. The summed E-state index contributed by atoms with van der Waals surface area (Å²) in [6, 6.07) is 8.35. The fourth-order valence-electron chi connectivity index (χ4n) is 1.06. The average molecular weight is 214 g/mol. The van der Waals surface area contributed by atoms with E-state index in [1.165, 1.54) is 11.3 Å². The lowest BCUT2D eigenvalue weighted by molar-refractivity contribution is 1.09. The normalized spacial score (nSPS) is 9.73. The summed E-state index contributed by atoms with van der Waals surface area (Å²) in [5.41, 5.74) is 3.47. The molecule has 0 spiro atoms. The van der Waals surface area contributed by atoms with E-state index in [9.17, 15) is 0 Å². The lowest BCUT2D eigenvalue weighted by Gasteiger charge is -2.17. The van der Waals surface area contributed by atoms with Crippen LogP contribution in [0.4, 0.5) is 5.69 Å². The minimum atomic E-state index is 0.873. The van der Waals surface area contributed by atoms with Crippen molar-refractivity contribution in [3.8, 4) is 0 Å². The summed E-state index contributed by atoms with van der Waals surface area (Å²) in [5.74, 6) is 0. The van der Waals surface area contributed by atoms with Gasteiger partial charge < -0.3 is 4.90 Å². The summed E-state index contributed by atoms with van der Waals surface area (Å²) >= 11 is 3.41. The predicted octanol–water partition coefficient (Wildman–Crippen LogP) is 2.78. The molecule has 11 heavy (non-hydrogen) atoms. The van der Waals surface area contributed by atoms with Gasteiger partial charge in [-0.25, -0.2) is 0 Å². The summed E-state index contributed by atoms with van der Waals surface area (Å²) in [4.78, 5) is 2.16. The highest BCUT2D eigenvalue weighted by molar-refractivity contribution is 9.09. The van der Waals surface area contributed by atoms with E-state index in [0.717, 1.165) is 5.45 Å². The smallest absolute Gasteiger partial charge is 0.0732 e. The van der Waals surface area contributed by atoms with E-state index in [0.29, 0.717) is 0 Å². The molecule has 0 radical (unpaired) electrons. The molecular formula is C9H12BrN. The van der Waals surface area contributed by atoms with Crippen LogP contribution in [0.2, 0.25) is 0 Å². The molecular weight excluding hydrogens is 202 g/mol. The molecule has 0 saturated carbocycles. The second-order valence-electron chi connectivity index (χ2n) is 2.60. The van der Waals surface area contributed by atoms with Crippen LogP contribution in [0.5, 0.6) is 0 Å². The molecule has 0 bridgehead atoms. The number of para-hydroxylation sites is 1. The molecule has 1 nitrogen and oxygen atoms in total. The Kier molecular flexibility index (Phi) is 2.94. The second kappa shape index (κ2) is 3.77. The first-order valence-corrected chi connectivity index (χ1v) is 4.70. The monoisotopic (exact) mass is 213 g/mol. The molecule has 0 unspecified atom stereocenters. The van der Waals surface area contributed by atoms with E-state index in [1.807, 2.05) is 0 Å². The zero-order chi connectivity index (χ0) is 8.27. The van der Waals surface area contributed by atoms with Crippen molar-refractivity contribution >= 4 is 21.6 Å². The molecule has 0 N–H and O–H groups in total. The maximum atomic E-state index is 3.41. The first-order valence-electron chi connectivity index (χ1n) is 3.58. The Labute approximate surface area is 76.2 Å². The summed E-state index contributed by atoms with van der Waals surface area (Å²) in [5, 5.41) is 0. The molecule has 1 rings (SSSR count). The molecule has 2 heteroatoms. The minimum absolute atomic E-state index is 0.873. The Morgan fingerprint density at radius 2 is 2.00 bits per heavy atom. The van der Waals surface area contributed by atoms with Crippen molar-refractivity contribution < 1.29 is 0 Å². The largest absolute Gasteiger partial charge is 0.364 e. The molecule has 0 aromatic heterocycles. The third-order valence-electron chi connectivity index (χ3n) is 1.71. The van der Waals surface area contributed by atoms with Crippen molar-refractivity contribution in [2.24, 2.45) is 0 Å². The molecule has 0 heterocycles. The Hall–Kier alpha value is -0.500. The van der Waals surface area contributed by atoms with E-state index < -0.39 is 0 Å². The molecule has 0 fully saturated rings. The van der Waals surface area contributed by atoms with E-state index in [4.69, 9.17) is 0 Å². The van der Waals surface area contributed by atoms with Gasteiger partial charge in [-0.1, -0.05) is 34.1 Å². The van der Waals surface area contributed by atoms with Crippen LogP contribution in [0, 0.1) is 6.92 Å². The lowest BCUT2D eigenvalue weighted by Crippen LogP contribution is -2.14. The van der Waals surface area contributed by atoms with E-state index in [2.05, 4.69) is 59.1 Å². The number of hydrogen-bond donors (Lipinski definition) is 0. The van der Waals surface area contributed by atoms with Crippen LogP contribution in [-0.2, 0) is 0 Å². The number of alkyl halides is 1. The van der Waals surface area contributed by atoms with Gasteiger partial charge >= 0.3 is 0 Å². The van der Waals surface area contributed by atoms with Gasteiger partial charge in [0.25, 0.3) is 0 Å². The van der Waals surface area contributed by atoms with Crippen LogP contribution in [-0.4, -0.2) is 12.5 Å². The fourth-order valence-corrected chi connectivity index (χ4v) is 1.33. The fraction of sp³-hybridized carbons (Fsp3) is 0.333. The molecule has 0 aliphatic heterocycles. The minimum Gasteiger partial charge on any atom is -0.364 e. The van der Waals surface area contributed by atoms with Gasteiger partial charge in [0, 0.05) is 12.7 Å². The van der Waals surface area contributed by atoms with Crippen LogP contribution >= 0.6 is 15.9 Å². The van der Waals surface area contributed by atoms with Crippen molar-refractivity contribution in [1.82, 2.24) is 0 Å². The van der Waals surface area contributed by atoms with E-state index >= 15 is 0 Å². The summed E-state index contributed by atoms with van der Waals surface area (Å²) < 4.78 is 0. The van der Waals surface area contributed by atoms with Gasteiger partial charge in [-0.15, -0.1) is 0 Å². The highest BCUT2D eigenvalue weighted by Crippen LogP contribution is 2.17. The van der Waals surface area contributed by atoms with E-state index in [1.54, 1.807) is 0 Å². The standard InChI is InChI=1S/C9H12BrN/c1-8-5-3-4-6-9(8)11(2)7-10/h3-6H,7H2,1-2H3. The zero-order valence-electron chi connectivity index (χ0n) is 6.84. The predicted molar refractivity (Wildman–Crippen MR) is 53.4 cm³/mol. The molecule has 0 amide bonds. The Balaban J connectivity index is 2.93. The quantitative estimate of drug-likeness (QED) is 0.540. The topological polar surface area (TPSA) is 3.24 Å². The number of rotatable bonds is 2. The highest BCUT2D eigenvalue weighted by atomic mass is 79.9. The third-order valence-corrected chi connectivity index (χ3v) is 2.46. The lowest BCUT2D eigenvalue weighted by atomic mass is 10.2. The first-order chi connectivity index (χ1) is 5.25. The number of benzene rings is 1. The Morgan fingerprint density at radius 3 is 2.55 bits per heavy atom. The van der Waals surface area contributed by atoms with Crippen LogP contribution in [0.15, 0.2) is 24.3 Å². The van der Waals surface area contributed by atoms with Crippen molar-refractivity contribution in [3.63, 3.8) is 0 Å². The average Bonchev–Trinajstić information content (AvgIpc) is 2.04. The van der Waals surface area contributed by atoms with Crippen molar-refractivity contribution in [1.29, 1.82) is 0 Å². The summed E-state index contributed by atoms with van der Waals surface area (Å²) in [6.45, 7) is 2.12. The van der Waals surface area contributed by atoms with Gasteiger partial charge in [-0.2, -0.15) is 0 Å². The van der Waals surface area contributed by atoms with Gasteiger partial charge in [0.05, 0.1) is 5.45 Å². The van der Waals surface area contributed by atoms with Gasteiger partial charge in [-0.3, -0.25) is 0 Å². The van der Waals surface area contributed by atoms with Gasteiger partial charge in [0.15, 0.2) is 0 Å². The molecule has 0 aliphatic carbocycles. The molecule has 0 atom stereocenters. The summed E-state index contributed by atoms with van der Waals surface area (Å²) in [6.07, 6.45) is 0. The van der Waals surface area contributed by atoms with E-state index in [-0.39, 0.29) is 0 Å². The number of halogens is 1. The molecule has 0 aliphatic rings. The third kappa shape index (κ3) is 1.96. The van der Waals surface area contributed by atoms with Crippen molar-refractivity contribution in [3.05, 3.63) is 29.8 Å². The maximum Gasteiger partial charge on any atom is 0.0732 e. The van der Waals surface area contributed by atoms with Gasteiger partial charge in [-0.05, 0) is 18.6 Å². The number of anilines is 1. The van der Waals surface area contributed by atoms with Crippen molar-refractivity contribution in [2.45, 2.75) is 6.92 Å². The second-order valence-corrected chi connectivity index (χ2v) is 3.11. The first kappa shape index (κ1) is 8.60. The number of nitrogens with zero attached hydrogens (tertiary/aromatic N) is 1. The van der Waals surface area contributed by atoms with Crippen LogP contribution < -0.4 is 4.90 Å². The van der Waals surface area contributed by atoms with Crippen molar-refractivity contribution in [2.75, 3.05) is 17.4 Å². The van der Waals surface area contributed by atoms with Gasteiger partial charge in [0.1, 0.15) is 0 Å². The Bertz CT molecular complexity index is 235. The SMILES string of the molecule is Cc1ccccc1N(C)CBr. The van der Waals surface area contributed by atoms with Crippen LogP contribution in [0.25, 0.3) is 0 Å². The number of hydrogen-bond acceptors (Lipinski definition) is 1. The summed E-state index contributed by atoms with van der Waals surface area (Å²) in [7, 11) is 2.07. The molecule has 1 aromatic rings.